The molecule has 2 aliphatic carbocycles. The SMILES string of the molecule is CCCC(C)(CC)CC(O)CC(C)(CC)C(CC1(C)CC1)C1CC(C)(C)C1C. The minimum absolute atomic E-state index is 0.153. The summed E-state index contributed by atoms with van der Waals surface area (Å²) in [5.74, 6) is 2.42. The first-order valence-electron chi connectivity index (χ1n) is 12.5. The van der Waals surface area contributed by atoms with Crippen molar-refractivity contribution in [1.29, 1.82) is 0 Å². The predicted octanol–water partition coefficient (Wildman–Crippen LogP) is 8.25. The van der Waals surface area contributed by atoms with Gasteiger partial charge in [-0.1, -0.05) is 81.6 Å². The van der Waals surface area contributed by atoms with Crippen molar-refractivity contribution in [3.8, 4) is 0 Å². The van der Waals surface area contributed by atoms with Gasteiger partial charge in [0.25, 0.3) is 0 Å². The molecule has 6 atom stereocenters. The summed E-state index contributed by atoms with van der Waals surface area (Å²) in [7, 11) is 0. The molecule has 1 nitrogen and oxygen atoms in total. The highest BCUT2D eigenvalue weighted by atomic mass is 16.3. The highest BCUT2D eigenvalue weighted by Crippen LogP contribution is 2.63. The highest BCUT2D eigenvalue weighted by molar-refractivity contribution is 5.04. The van der Waals surface area contributed by atoms with Gasteiger partial charge in [0, 0.05) is 0 Å². The molecule has 6 unspecified atom stereocenters. The van der Waals surface area contributed by atoms with Crippen LogP contribution < -0.4 is 0 Å². The Balaban J connectivity index is 2.16. The topological polar surface area (TPSA) is 20.2 Å². The van der Waals surface area contributed by atoms with Gasteiger partial charge in [0.05, 0.1) is 6.10 Å². The van der Waals surface area contributed by atoms with Crippen molar-refractivity contribution >= 4 is 0 Å². The Morgan fingerprint density at radius 1 is 1.00 bits per heavy atom. The molecule has 0 radical (unpaired) electrons. The minimum atomic E-state index is -0.153. The van der Waals surface area contributed by atoms with Crippen LogP contribution in [0.2, 0.25) is 0 Å². The Labute approximate surface area is 177 Å². The van der Waals surface area contributed by atoms with E-state index >= 15 is 0 Å². The smallest absolute Gasteiger partial charge is 0.0550 e. The number of aliphatic hydroxyl groups excluding tert-OH is 1. The molecule has 0 heterocycles. The monoisotopic (exact) mass is 392 g/mol. The van der Waals surface area contributed by atoms with Crippen molar-refractivity contribution in [2.24, 2.45) is 39.4 Å². The maximum Gasteiger partial charge on any atom is 0.0550 e. The molecule has 2 aliphatic rings. The second kappa shape index (κ2) is 8.60. The van der Waals surface area contributed by atoms with Gasteiger partial charge in [-0.2, -0.15) is 0 Å². The predicted molar refractivity (Wildman–Crippen MR) is 123 cm³/mol. The maximum absolute atomic E-state index is 11.2. The zero-order valence-corrected chi connectivity index (χ0v) is 20.8. The number of rotatable bonds is 12. The highest BCUT2D eigenvalue weighted by Gasteiger charge is 2.54. The summed E-state index contributed by atoms with van der Waals surface area (Å²) in [6.45, 7) is 21.8. The lowest BCUT2D eigenvalue weighted by Gasteiger charge is -2.58. The molecule has 166 valence electrons. The van der Waals surface area contributed by atoms with Gasteiger partial charge in [-0.3, -0.25) is 0 Å². The minimum Gasteiger partial charge on any atom is -0.393 e. The molecular formula is C27H52O. The zero-order valence-electron chi connectivity index (χ0n) is 20.8. The van der Waals surface area contributed by atoms with Gasteiger partial charge < -0.3 is 5.11 Å². The molecule has 1 N–H and O–H groups in total. The maximum atomic E-state index is 11.2. The Bertz CT molecular complexity index is 504. The summed E-state index contributed by atoms with van der Waals surface area (Å²) in [6, 6.07) is 0. The number of hydrogen-bond acceptors (Lipinski definition) is 1. The van der Waals surface area contributed by atoms with Gasteiger partial charge in [-0.25, -0.2) is 0 Å². The molecule has 0 bridgehead atoms. The molecule has 28 heavy (non-hydrogen) atoms. The summed E-state index contributed by atoms with van der Waals surface area (Å²) in [5, 5.41) is 11.2. The lowest BCUT2D eigenvalue weighted by Crippen LogP contribution is -2.51. The van der Waals surface area contributed by atoms with E-state index in [9.17, 15) is 5.11 Å². The van der Waals surface area contributed by atoms with E-state index in [1.165, 1.54) is 51.4 Å². The van der Waals surface area contributed by atoms with Crippen LogP contribution in [0, 0.1) is 39.4 Å². The van der Waals surface area contributed by atoms with Crippen LogP contribution in [0.25, 0.3) is 0 Å². The largest absolute Gasteiger partial charge is 0.393 e. The summed E-state index contributed by atoms with van der Waals surface area (Å²) < 4.78 is 0. The molecule has 0 saturated heterocycles. The van der Waals surface area contributed by atoms with Crippen LogP contribution in [0.15, 0.2) is 0 Å². The van der Waals surface area contributed by atoms with Gasteiger partial charge in [-0.05, 0) is 84.4 Å². The van der Waals surface area contributed by atoms with Crippen molar-refractivity contribution in [1.82, 2.24) is 0 Å². The first-order valence-corrected chi connectivity index (χ1v) is 12.5. The van der Waals surface area contributed by atoms with Crippen molar-refractivity contribution in [3.63, 3.8) is 0 Å². The molecule has 0 aromatic heterocycles. The van der Waals surface area contributed by atoms with Gasteiger partial charge in [0.15, 0.2) is 0 Å². The lowest BCUT2D eigenvalue weighted by atomic mass is 9.47. The Kier molecular flexibility index (Phi) is 7.44. The molecule has 2 rings (SSSR count). The van der Waals surface area contributed by atoms with E-state index in [1.54, 1.807) is 0 Å². The molecule has 0 aliphatic heterocycles. The van der Waals surface area contributed by atoms with Crippen LogP contribution >= 0.6 is 0 Å². The van der Waals surface area contributed by atoms with Gasteiger partial charge in [-0.15, -0.1) is 0 Å². The van der Waals surface area contributed by atoms with E-state index in [1.807, 2.05) is 0 Å². The fourth-order valence-corrected chi connectivity index (χ4v) is 6.51. The van der Waals surface area contributed by atoms with Crippen LogP contribution in [0.5, 0.6) is 0 Å². The van der Waals surface area contributed by atoms with E-state index in [4.69, 9.17) is 0 Å². The Morgan fingerprint density at radius 3 is 2.00 bits per heavy atom. The Morgan fingerprint density at radius 2 is 1.61 bits per heavy atom. The lowest BCUT2D eigenvalue weighted by molar-refractivity contribution is -0.0951. The van der Waals surface area contributed by atoms with Crippen LogP contribution in [0.4, 0.5) is 0 Å². The summed E-state index contributed by atoms with van der Waals surface area (Å²) in [6.07, 6.45) is 12.2. The average molecular weight is 393 g/mol. The zero-order chi connectivity index (χ0) is 21.4. The molecule has 0 amide bonds. The number of aliphatic hydroxyl groups is 1. The van der Waals surface area contributed by atoms with Crippen molar-refractivity contribution in [2.45, 2.75) is 133 Å². The molecule has 0 aromatic carbocycles. The Hall–Kier alpha value is -0.0400. The third-order valence-corrected chi connectivity index (χ3v) is 9.81. The quantitative estimate of drug-likeness (QED) is 0.354. The molecule has 1 heteroatoms. The summed E-state index contributed by atoms with van der Waals surface area (Å²) in [4.78, 5) is 0. The molecular weight excluding hydrogens is 340 g/mol. The first-order chi connectivity index (χ1) is 12.8. The second-order valence-electron chi connectivity index (χ2n) is 12.8. The molecule has 2 saturated carbocycles. The van der Waals surface area contributed by atoms with E-state index in [0.717, 1.165) is 30.6 Å². The van der Waals surface area contributed by atoms with Gasteiger partial charge >= 0.3 is 0 Å². The number of hydrogen-bond donors (Lipinski definition) is 1. The fourth-order valence-electron chi connectivity index (χ4n) is 6.51. The summed E-state index contributed by atoms with van der Waals surface area (Å²) in [5.41, 5.74) is 1.65. The van der Waals surface area contributed by atoms with Crippen molar-refractivity contribution in [2.75, 3.05) is 0 Å². The molecule has 2 fully saturated rings. The first kappa shape index (κ1) is 24.2. The summed E-state index contributed by atoms with van der Waals surface area (Å²) >= 11 is 0. The second-order valence-corrected chi connectivity index (χ2v) is 12.8. The molecule has 0 aromatic rings. The van der Waals surface area contributed by atoms with Crippen LogP contribution in [-0.4, -0.2) is 11.2 Å². The van der Waals surface area contributed by atoms with Gasteiger partial charge in [0.1, 0.15) is 0 Å². The third-order valence-electron chi connectivity index (χ3n) is 9.81. The van der Waals surface area contributed by atoms with E-state index in [0.29, 0.717) is 16.2 Å². The standard InChI is InChI=1S/C27H52O/c1-10-13-25(7,11-2)16-21(28)17-27(9,12-3)23(19-26(8)14-15-26)22-18-24(5,6)20(22)4/h20-23,28H,10-19H2,1-9H3. The van der Waals surface area contributed by atoms with Crippen molar-refractivity contribution < 1.29 is 5.11 Å². The normalized spacial score (nSPS) is 31.9. The van der Waals surface area contributed by atoms with E-state index < -0.39 is 0 Å². The van der Waals surface area contributed by atoms with Crippen LogP contribution in [0.3, 0.4) is 0 Å². The van der Waals surface area contributed by atoms with E-state index in [-0.39, 0.29) is 11.5 Å². The average Bonchev–Trinajstić information content (AvgIpc) is 3.35. The van der Waals surface area contributed by atoms with E-state index in [2.05, 4.69) is 62.3 Å². The fraction of sp³-hybridized carbons (Fsp3) is 1.00. The van der Waals surface area contributed by atoms with Crippen molar-refractivity contribution in [3.05, 3.63) is 0 Å². The van der Waals surface area contributed by atoms with Crippen LogP contribution in [-0.2, 0) is 0 Å². The van der Waals surface area contributed by atoms with Crippen LogP contribution in [0.1, 0.15) is 127 Å². The van der Waals surface area contributed by atoms with Gasteiger partial charge in [0.2, 0.25) is 0 Å². The third kappa shape index (κ3) is 5.35. The molecule has 0 spiro atoms.